The molecule has 0 saturated heterocycles. The zero-order chi connectivity index (χ0) is 43.4. The summed E-state index contributed by atoms with van der Waals surface area (Å²) < 4.78 is 0. The summed E-state index contributed by atoms with van der Waals surface area (Å²) >= 11 is 0. The number of nitrogens with zero attached hydrogens (tertiary/aromatic N) is 1. The Labute approximate surface area is 379 Å². The van der Waals surface area contributed by atoms with Crippen LogP contribution in [-0.2, 0) is 17.3 Å². The van der Waals surface area contributed by atoms with E-state index < -0.39 is 10.8 Å². The highest BCUT2D eigenvalue weighted by Gasteiger charge is 2.48. The number of anilines is 3. The third kappa shape index (κ3) is 6.13. The average molecular weight is 824 g/mol. The predicted molar refractivity (Wildman–Crippen MR) is 269 cm³/mol. The summed E-state index contributed by atoms with van der Waals surface area (Å²) in [5.74, 6) is 0. The molecule has 1 nitrogen and oxygen atoms in total. The number of rotatable bonds is 10. The molecule has 0 aromatic heterocycles. The first-order valence-electron chi connectivity index (χ1n) is 23.1. The van der Waals surface area contributed by atoms with E-state index >= 15 is 0 Å². The number of hydrogen-bond donors (Lipinski definition) is 0. The van der Waals surface area contributed by atoms with Gasteiger partial charge < -0.3 is 4.90 Å². The lowest BCUT2D eigenvalue weighted by atomic mass is 9.67. The minimum absolute atomic E-state index is 0.516. The molecule has 0 bridgehead atoms. The van der Waals surface area contributed by atoms with E-state index in [4.69, 9.17) is 0 Å². The van der Waals surface area contributed by atoms with Gasteiger partial charge in [0.15, 0.2) is 0 Å². The van der Waals surface area contributed by atoms with E-state index in [1.165, 1.54) is 102 Å². The molecule has 0 fully saturated rings. The molecular weight excluding hydrogens is 771 g/mol. The highest BCUT2D eigenvalue weighted by atomic mass is 15.1. The zero-order valence-electron chi connectivity index (χ0n) is 37.3. The summed E-state index contributed by atoms with van der Waals surface area (Å²) in [5, 5.41) is 0. The first-order chi connectivity index (χ1) is 31.4. The lowest BCUT2D eigenvalue weighted by molar-refractivity contribution is 0.766. The Morgan fingerprint density at radius 3 is 1.16 bits per heavy atom. The second-order valence-corrected chi connectivity index (χ2v) is 18.1. The van der Waals surface area contributed by atoms with Crippen LogP contribution in [0.2, 0.25) is 0 Å². The lowest BCUT2D eigenvalue weighted by Crippen LogP contribution is -2.29. The van der Waals surface area contributed by atoms with Crippen molar-refractivity contribution in [3.63, 3.8) is 0 Å². The van der Waals surface area contributed by atoms with Gasteiger partial charge in [-0.25, -0.2) is 0 Å². The maximum atomic E-state index is 2.51. The Kier molecular flexibility index (Phi) is 9.81. The fourth-order valence-electron chi connectivity index (χ4n) is 11.1. The molecule has 0 spiro atoms. The van der Waals surface area contributed by atoms with E-state index in [0.717, 1.165) is 23.5 Å². The molecular formula is C63H53N. The van der Waals surface area contributed by atoms with E-state index in [-0.39, 0.29) is 0 Å². The molecule has 0 saturated carbocycles. The number of hydrogen-bond acceptors (Lipinski definition) is 1. The summed E-state index contributed by atoms with van der Waals surface area (Å²) in [4.78, 5) is 2.51. The van der Waals surface area contributed by atoms with Crippen LogP contribution < -0.4 is 4.90 Å². The molecule has 11 rings (SSSR count). The summed E-state index contributed by atoms with van der Waals surface area (Å²) in [7, 11) is 0. The van der Waals surface area contributed by atoms with Crippen molar-refractivity contribution in [2.45, 2.75) is 57.8 Å². The third-order valence-corrected chi connectivity index (χ3v) is 14.2. The Bertz CT molecular complexity index is 3090. The second kappa shape index (κ2) is 15.8. The van der Waals surface area contributed by atoms with Gasteiger partial charge in [-0.2, -0.15) is 0 Å². The quantitative estimate of drug-likeness (QED) is 0.133. The molecule has 9 aromatic rings. The Morgan fingerprint density at radius 2 is 0.719 bits per heavy atom. The highest BCUT2D eigenvalue weighted by Crippen LogP contribution is 2.59. The molecule has 310 valence electrons. The number of benzene rings is 9. The number of fused-ring (bicyclic) bond motifs is 6. The zero-order valence-corrected chi connectivity index (χ0v) is 37.3. The maximum Gasteiger partial charge on any atom is 0.0714 e. The summed E-state index contributed by atoms with van der Waals surface area (Å²) in [6.07, 6.45) is 3.44. The Balaban J connectivity index is 1.18. The second-order valence-electron chi connectivity index (χ2n) is 18.1. The van der Waals surface area contributed by atoms with Crippen LogP contribution in [0.5, 0.6) is 0 Å². The largest absolute Gasteiger partial charge is 0.310 e. The number of unbranched alkanes of at least 4 members (excludes halogenated alkanes) is 1. The molecule has 1 unspecified atom stereocenters. The average Bonchev–Trinajstić information content (AvgIpc) is 3.80. The van der Waals surface area contributed by atoms with Crippen LogP contribution in [0.25, 0.3) is 22.3 Å². The Morgan fingerprint density at radius 1 is 0.344 bits per heavy atom. The minimum atomic E-state index is -0.521. The monoisotopic (exact) mass is 823 g/mol. The van der Waals surface area contributed by atoms with Gasteiger partial charge >= 0.3 is 0 Å². The van der Waals surface area contributed by atoms with Crippen LogP contribution in [0.15, 0.2) is 212 Å². The lowest BCUT2D eigenvalue weighted by Gasteiger charge is -2.36. The van der Waals surface area contributed by atoms with Crippen LogP contribution in [0.1, 0.15) is 86.5 Å². The van der Waals surface area contributed by atoms with Crippen molar-refractivity contribution in [2.24, 2.45) is 0 Å². The van der Waals surface area contributed by atoms with Crippen molar-refractivity contribution in [2.75, 3.05) is 4.90 Å². The van der Waals surface area contributed by atoms with E-state index in [2.05, 4.69) is 245 Å². The van der Waals surface area contributed by atoms with Gasteiger partial charge in [0.2, 0.25) is 0 Å². The SMILES string of the molecule is CCCCc1ccc(N(c2ccc3c(c2)C(c2ccccc2)(c2ccc(C)cc2)c2ccccc2-3)c2ccc3c(c2)C(c2ccc(C)cc2)(c2ccc(C)cc2)c2ccccc2-3)cc1. The van der Waals surface area contributed by atoms with Crippen LogP contribution in [0.4, 0.5) is 17.1 Å². The van der Waals surface area contributed by atoms with Crippen LogP contribution in [0, 0.1) is 20.8 Å². The third-order valence-electron chi connectivity index (χ3n) is 14.2. The van der Waals surface area contributed by atoms with Gasteiger partial charge in [0.25, 0.3) is 0 Å². The smallest absolute Gasteiger partial charge is 0.0714 e. The van der Waals surface area contributed by atoms with Crippen molar-refractivity contribution < 1.29 is 0 Å². The van der Waals surface area contributed by atoms with Gasteiger partial charge in [0.1, 0.15) is 0 Å². The molecule has 2 aliphatic rings. The normalized spacial score (nSPS) is 15.2. The van der Waals surface area contributed by atoms with E-state index in [1.54, 1.807) is 0 Å². The van der Waals surface area contributed by atoms with Gasteiger partial charge in [0.05, 0.1) is 10.8 Å². The van der Waals surface area contributed by atoms with Gasteiger partial charge in [-0.15, -0.1) is 0 Å². The Hall–Kier alpha value is -7.22. The van der Waals surface area contributed by atoms with Gasteiger partial charge in [0, 0.05) is 17.1 Å². The number of aryl methyl sites for hydroxylation is 4. The van der Waals surface area contributed by atoms with Crippen LogP contribution in [-0.4, -0.2) is 0 Å². The molecule has 1 atom stereocenters. The molecule has 9 aromatic carbocycles. The van der Waals surface area contributed by atoms with E-state index in [0.29, 0.717) is 0 Å². The molecule has 0 amide bonds. The fraction of sp³-hybridized carbons (Fsp3) is 0.143. The van der Waals surface area contributed by atoms with Crippen molar-refractivity contribution in [3.05, 3.63) is 279 Å². The molecule has 0 N–H and O–H groups in total. The highest BCUT2D eigenvalue weighted by molar-refractivity contribution is 5.92. The summed E-state index contributed by atoms with van der Waals surface area (Å²) in [6.45, 7) is 8.82. The molecule has 0 heterocycles. The molecule has 1 heteroatoms. The van der Waals surface area contributed by atoms with Crippen LogP contribution >= 0.6 is 0 Å². The van der Waals surface area contributed by atoms with Gasteiger partial charge in [-0.1, -0.05) is 206 Å². The summed E-state index contributed by atoms with van der Waals surface area (Å²) in [6, 6.07) is 80.9. The van der Waals surface area contributed by atoms with E-state index in [1.807, 2.05) is 0 Å². The topological polar surface area (TPSA) is 3.24 Å². The standard InChI is InChI=1S/C63H53N/c1-5-6-14-46-27-35-51(36-28-46)64(52-37-39-56-54-17-10-12-19-58(54)62(60(56)41-52,47-15-8-7-9-16-47)48-29-21-43(2)22-30-48)53-38-40-57-55-18-11-13-20-59(55)63(61(57)42-53,49-31-23-44(3)24-32-49)50-33-25-45(4)26-34-50/h7-13,15-42H,5-6,14H2,1-4H3. The molecule has 0 radical (unpaired) electrons. The first kappa shape index (κ1) is 39.6. The van der Waals surface area contributed by atoms with Gasteiger partial charge in [-0.3, -0.25) is 0 Å². The van der Waals surface area contributed by atoms with Gasteiger partial charge in [-0.05, 0) is 142 Å². The van der Waals surface area contributed by atoms with Crippen molar-refractivity contribution in [1.29, 1.82) is 0 Å². The maximum absolute atomic E-state index is 2.51. The van der Waals surface area contributed by atoms with E-state index in [9.17, 15) is 0 Å². The predicted octanol–water partition coefficient (Wildman–Crippen LogP) is 16.2. The fourth-order valence-corrected chi connectivity index (χ4v) is 11.1. The minimum Gasteiger partial charge on any atom is -0.310 e. The van der Waals surface area contributed by atoms with Crippen molar-refractivity contribution in [1.82, 2.24) is 0 Å². The molecule has 0 aliphatic heterocycles. The van der Waals surface area contributed by atoms with Crippen molar-refractivity contribution in [3.8, 4) is 22.3 Å². The summed E-state index contributed by atoms with van der Waals surface area (Å²) in [5.41, 5.74) is 23.0. The molecule has 64 heavy (non-hydrogen) atoms. The molecule has 2 aliphatic carbocycles. The van der Waals surface area contributed by atoms with Crippen LogP contribution in [0.3, 0.4) is 0 Å². The van der Waals surface area contributed by atoms with Crippen molar-refractivity contribution >= 4 is 17.1 Å². The first-order valence-corrected chi connectivity index (χ1v) is 23.1.